The fourth-order valence-corrected chi connectivity index (χ4v) is 1.69. The van der Waals surface area contributed by atoms with Gasteiger partial charge in [-0.2, -0.15) is 0 Å². The highest BCUT2D eigenvalue weighted by molar-refractivity contribution is 5.91. The molecule has 116 valence electrons. The monoisotopic (exact) mass is 303 g/mol. The minimum Gasteiger partial charge on any atom is -0.457 e. The molecule has 2 aromatic rings. The lowest BCUT2D eigenvalue weighted by atomic mass is 10.2. The van der Waals surface area contributed by atoms with Crippen LogP contribution >= 0.6 is 0 Å². The smallest absolute Gasteiger partial charge is 0.267 e. The molecule has 5 N–H and O–H groups in total. The van der Waals surface area contributed by atoms with Crippen molar-refractivity contribution in [3.05, 3.63) is 48.3 Å². The lowest BCUT2D eigenvalue weighted by Gasteiger charge is -2.11. The van der Waals surface area contributed by atoms with E-state index in [2.05, 4.69) is 10.3 Å². The van der Waals surface area contributed by atoms with Crippen molar-refractivity contribution in [2.24, 2.45) is 5.73 Å². The molecule has 0 aliphatic carbocycles. The summed E-state index contributed by atoms with van der Waals surface area (Å²) in [6, 6.07) is 10.1. The summed E-state index contributed by atoms with van der Waals surface area (Å²) in [6.07, 6.45) is 0.640. The Morgan fingerprint density at radius 1 is 1.27 bits per heavy atom. The zero-order valence-corrected chi connectivity index (χ0v) is 11.8. The molecule has 2 rings (SSSR count). The number of aliphatic hydroxyl groups is 2. The minimum absolute atomic E-state index is 0.133. The average molecular weight is 303 g/mol. The zero-order valence-electron chi connectivity index (χ0n) is 11.8. The number of benzene rings is 1. The molecule has 1 amide bonds. The fraction of sp³-hybridized carbons (Fsp3) is 0.200. The Labute approximate surface area is 127 Å². The number of pyridine rings is 1. The quantitative estimate of drug-likeness (QED) is 0.599. The van der Waals surface area contributed by atoms with Crippen LogP contribution in [-0.4, -0.2) is 40.4 Å². The molecule has 1 heterocycles. The number of rotatable bonds is 7. The van der Waals surface area contributed by atoms with E-state index in [9.17, 15) is 9.90 Å². The maximum absolute atomic E-state index is 11.1. The lowest BCUT2D eigenvalue weighted by Crippen LogP contribution is -2.22. The van der Waals surface area contributed by atoms with Gasteiger partial charge in [0.1, 0.15) is 17.2 Å². The van der Waals surface area contributed by atoms with Crippen molar-refractivity contribution < 1.29 is 19.7 Å². The summed E-state index contributed by atoms with van der Waals surface area (Å²) in [4.78, 5) is 14.9. The molecule has 0 spiro atoms. The highest BCUT2D eigenvalue weighted by atomic mass is 16.5. The standard InChI is InChI=1S/C15H17N3O4/c16-15(21)14-7-13(5-6-17-14)22-12-3-1-10(2-4-12)18-8-11(20)9-19/h1-7,11,18-20H,8-9H2,(H2,16,21). The largest absolute Gasteiger partial charge is 0.457 e. The predicted molar refractivity (Wildman–Crippen MR) is 80.9 cm³/mol. The Hall–Kier alpha value is -2.64. The first-order valence-electron chi connectivity index (χ1n) is 6.65. The van der Waals surface area contributed by atoms with Crippen LogP contribution in [0.1, 0.15) is 10.5 Å². The number of ether oxygens (including phenoxy) is 1. The third kappa shape index (κ3) is 4.44. The number of anilines is 1. The number of nitrogens with one attached hydrogen (secondary N) is 1. The number of amides is 1. The average Bonchev–Trinajstić information content (AvgIpc) is 2.54. The maximum atomic E-state index is 11.1. The Balaban J connectivity index is 1.99. The summed E-state index contributed by atoms with van der Waals surface area (Å²) in [5.41, 5.74) is 6.08. The van der Waals surface area contributed by atoms with Crippen molar-refractivity contribution in [1.82, 2.24) is 4.98 Å². The Morgan fingerprint density at radius 2 is 2.00 bits per heavy atom. The summed E-state index contributed by atoms with van der Waals surface area (Å²) in [5, 5.41) is 21.0. The summed E-state index contributed by atoms with van der Waals surface area (Å²) in [7, 11) is 0. The first kappa shape index (κ1) is 15.7. The molecule has 7 nitrogen and oxygen atoms in total. The lowest BCUT2D eigenvalue weighted by molar-refractivity contribution is 0.0995. The van der Waals surface area contributed by atoms with E-state index in [1.54, 1.807) is 30.3 Å². The third-order valence-electron chi connectivity index (χ3n) is 2.83. The van der Waals surface area contributed by atoms with Crippen LogP contribution in [0.5, 0.6) is 11.5 Å². The van der Waals surface area contributed by atoms with Gasteiger partial charge in [0.25, 0.3) is 5.91 Å². The van der Waals surface area contributed by atoms with E-state index >= 15 is 0 Å². The summed E-state index contributed by atoms with van der Waals surface area (Å²) >= 11 is 0. The van der Waals surface area contributed by atoms with Crippen LogP contribution in [0.15, 0.2) is 42.6 Å². The zero-order chi connectivity index (χ0) is 15.9. The number of carbonyl (C=O) groups excluding carboxylic acids is 1. The van der Waals surface area contributed by atoms with Gasteiger partial charge in [-0.25, -0.2) is 0 Å². The van der Waals surface area contributed by atoms with Crippen LogP contribution in [0.25, 0.3) is 0 Å². The van der Waals surface area contributed by atoms with E-state index in [0.29, 0.717) is 11.5 Å². The van der Waals surface area contributed by atoms with Crippen LogP contribution in [0.4, 0.5) is 5.69 Å². The molecule has 1 aromatic carbocycles. The summed E-state index contributed by atoms with van der Waals surface area (Å²) in [6.45, 7) is -0.0402. The summed E-state index contributed by atoms with van der Waals surface area (Å²) in [5.74, 6) is 0.419. The molecule has 0 radical (unpaired) electrons. The van der Waals surface area contributed by atoms with Crippen molar-refractivity contribution in [2.45, 2.75) is 6.10 Å². The molecule has 22 heavy (non-hydrogen) atoms. The fourth-order valence-electron chi connectivity index (χ4n) is 1.69. The van der Waals surface area contributed by atoms with Gasteiger partial charge in [-0.3, -0.25) is 9.78 Å². The number of nitrogens with zero attached hydrogens (tertiary/aromatic N) is 1. The Morgan fingerprint density at radius 3 is 2.64 bits per heavy atom. The Bertz CT molecular complexity index is 631. The van der Waals surface area contributed by atoms with E-state index in [-0.39, 0.29) is 18.8 Å². The molecule has 0 fully saturated rings. The van der Waals surface area contributed by atoms with Crippen LogP contribution in [0, 0.1) is 0 Å². The van der Waals surface area contributed by atoms with E-state index < -0.39 is 12.0 Å². The van der Waals surface area contributed by atoms with Crippen LogP contribution < -0.4 is 15.8 Å². The van der Waals surface area contributed by atoms with Gasteiger partial charge in [0.05, 0.1) is 12.7 Å². The Kier molecular flexibility index (Phi) is 5.29. The predicted octanol–water partition coefficient (Wildman–Crippen LogP) is 0.738. The second-order valence-corrected chi connectivity index (χ2v) is 4.58. The number of hydrogen-bond donors (Lipinski definition) is 4. The minimum atomic E-state index is -0.806. The van der Waals surface area contributed by atoms with E-state index in [1.807, 2.05) is 0 Å². The molecule has 1 aromatic heterocycles. The van der Waals surface area contributed by atoms with Gasteiger partial charge in [0.15, 0.2) is 0 Å². The molecule has 0 bridgehead atoms. The first-order chi connectivity index (χ1) is 10.6. The maximum Gasteiger partial charge on any atom is 0.267 e. The third-order valence-corrected chi connectivity index (χ3v) is 2.83. The van der Waals surface area contributed by atoms with E-state index in [0.717, 1.165) is 5.69 Å². The van der Waals surface area contributed by atoms with Crippen molar-refractivity contribution in [2.75, 3.05) is 18.5 Å². The molecular weight excluding hydrogens is 286 g/mol. The van der Waals surface area contributed by atoms with Gasteiger partial charge in [-0.15, -0.1) is 0 Å². The van der Waals surface area contributed by atoms with Crippen molar-refractivity contribution >= 4 is 11.6 Å². The van der Waals surface area contributed by atoms with Crippen LogP contribution in [-0.2, 0) is 0 Å². The highest BCUT2D eigenvalue weighted by Gasteiger charge is 2.05. The molecular formula is C15H17N3O4. The first-order valence-corrected chi connectivity index (χ1v) is 6.65. The molecule has 0 aliphatic rings. The molecule has 0 saturated heterocycles. The highest BCUT2D eigenvalue weighted by Crippen LogP contribution is 2.23. The molecule has 7 heteroatoms. The second kappa shape index (κ2) is 7.39. The van der Waals surface area contributed by atoms with Crippen molar-refractivity contribution in [1.29, 1.82) is 0 Å². The number of nitrogens with two attached hydrogens (primary N) is 1. The molecule has 0 aliphatic heterocycles. The van der Waals surface area contributed by atoms with Crippen molar-refractivity contribution in [3.63, 3.8) is 0 Å². The van der Waals surface area contributed by atoms with Gasteiger partial charge in [0, 0.05) is 24.5 Å². The van der Waals surface area contributed by atoms with Crippen molar-refractivity contribution in [3.8, 4) is 11.5 Å². The number of carbonyl (C=O) groups is 1. The number of aromatic nitrogens is 1. The number of aliphatic hydroxyl groups excluding tert-OH is 2. The number of primary amides is 1. The molecule has 1 atom stereocenters. The number of hydrogen-bond acceptors (Lipinski definition) is 6. The van der Waals surface area contributed by atoms with Gasteiger partial charge >= 0.3 is 0 Å². The topological polar surface area (TPSA) is 118 Å². The molecule has 1 unspecified atom stereocenters. The second-order valence-electron chi connectivity index (χ2n) is 4.58. The van der Waals surface area contributed by atoms with Gasteiger partial charge in [-0.1, -0.05) is 0 Å². The van der Waals surface area contributed by atoms with Gasteiger partial charge < -0.3 is 26.0 Å². The van der Waals surface area contributed by atoms with Gasteiger partial charge in [-0.05, 0) is 30.3 Å². The normalized spacial score (nSPS) is 11.7. The summed E-state index contributed by atoms with van der Waals surface area (Å²) < 4.78 is 5.61. The SMILES string of the molecule is NC(=O)c1cc(Oc2ccc(NCC(O)CO)cc2)ccn1. The van der Waals surface area contributed by atoms with E-state index in [1.165, 1.54) is 12.3 Å². The van der Waals surface area contributed by atoms with Gasteiger partial charge in [0.2, 0.25) is 0 Å². The van der Waals surface area contributed by atoms with Crippen LogP contribution in [0.3, 0.4) is 0 Å². The molecule has 0 saturated carbocycles. The van der Waals surface area contributed by atoms with Crippen LogP contribution in [0.2, 0.25) is 0 Å². The van der Waals surface area contributed by atoms with E-state index in [4.69, 9.17) is 15.6 Å².